The second-order valence-corrected chi connectivity index (χ2v) is 6.87. The van der Waals surface area contributed by atoms with Crippen molar-refractivity contribution >= 4 is 11.8 Å². The molecule has 2 aromatic rings. The molecule has 0 bridgehead atoms. The van der Waals surface area contributed by atoms with Gasteiger partial charge in [0.1, 0.15) is 0 Å². The lowest BCUT2D eigenvalue weighted by atomic mass is 10.0. The Morgan fingerprint density at radius 2 is 1.76 bits per heavy atom. The van der Waals surface area contributed by atoms with E-state index in [1.807, 2.05) is 11.8 Å². The van der Waals surface area contributed by atoms with Gasteiger partial charge in [0.15, 0.2) is 0 Å². The second-order valence-electron chi connectivity index (χ2n) is 5.82. The molecule has 0 saturated heterocycles. The average Bonchev–Trinajstić information content (AvgIpc) is 2.46. The third kappa shape index (κ3) is 5.09. The number of benzene rings is 2. The highest BCUT2D eigenvalue weighted by molar-refractivity contribution is 7.98. The minimum Gasteiger partial charge on any atom is -0.121 e. The van der Waals surface area contributed by atoms with Crippen molar-refractivity contribution in [2.75, 3.05) is 0 Å². The zero-order valence-electron chi connectivity index (χ0n) is 13.3. The van der Waals surface area contributed by atoms with Gasteiger partial charge in [0, 0.05) is 10.6 Å². The van der Waals surface area contributed by atoms with Gasteiger partial charge in [-0.25, -0.2) is 0 Å². The van der Waals surface area contributed by atoms with Crippen molar-refractivity contribution in [2.45, 2.75) is 44.3 Å². The molecule has 0 aromatic heterocycles. The molecule has 0 fully saturated rings. The molecule has 0 radical (unpaired) electrons. The van der Waals surface area contributed by atoms with E-state index in [1.165, 1.54) is 32.7 Å². The molecular formula is C20H24S. The lowest BCUT2D eigenvalue weighted by Crippen LogP contribution is -1.91. The van der Waals surface area contributed by atoms with Crippen LogP contribution >= 0.6 is 11.8 Å². The monoisotopic (exact) mass is 296 g/mol. The van der Waals surface area contributed by atoms with E-state index in [-0.39, 0.29) is 0 Å². The number of hydrogen-bond donors (Lipinski definition) is 0. The number of hydrogen-bond acceptors (Lipinski definition) is 1. The molecule has 110 valence electrons. The summed E-state index contributed by atoms with van der Waals surface area (Å²) in [6, 6.07) is 15.6. The maximum atomic E-state index is 4.00. The van der Waals surface area contributed by atoms with Gasteiger partial charge in [-0.3, -0.25) is 0 Å². The Morgan fingerprint density at radius 1 is 1.05 bits per heavy atom. The van der Waals surface area contributed by atoms with Crippen LogP contribution in [0.5, 0.6) is 0 Å². The molecule has 21 heavy (non-hydrogen) atoms. The summed E-state index contributed by atoms with van der Waals surface area (Å²) in [7, 11) is 0. The van der Waals surface area contributed by atoms with Crippen LogP contribution in [0, 0.1) is 13.8 Å². The largest absolute Gasteiger partial charge is 0.121 e. The fraction of sp³-hybridized carbons (Fsp3) is 0.300. The predicted octanol–water partition coefficient (Wildman–Crippen LogP) is 6.10. The molecule has 0 nitrogen and oxygen atoms in total. The molecule has 0 aliphatic carbocycles. The van der Waals surface area contributed by atoms with Gasteiger partial charge in [-0.1, -0.05) is 41.5 Å². The fourth-order valence-electron chi connectivity index (χ4n) is 2.21. The van der Waals surface area contributed by atoms with E-state index in [2.05, 4.69) is 69.8 Å². The quantitative estimate of drug-likeness (QED) is 0.458. The van der Waals surface area contributed by atoms with E-state index >= 15 is 0 Å². The van der Waals surface area contributed by atoms with Gasteiger partial charge in [-0.15, -0.1) is 18.3 Å². The van der Waals surface area contributed by atoms with E-state index < -0.39 is 0 Å². The zero-order valence-corrected chi connectivity index (χ0v) is 14.1. The second kappa shape index (κ2) is 7.51. The van der Waals surface area contributed by atoms with Crippen LogP contribution in [0.25, 0.3) is 0 Å². The first kappa shape index (κ1) is 15.9. The molecule has 0 aliphatic heterocycles. The minimum absolute atomic E-state index is 1.03. The summed E-state index contributed by atoms with van der Waals surface area (Å²) in [4.78, 5) is 1.36. The standard InChI is InChI=1S/C20H24S/c1-15(2)5-11-19-13-20(12-8-17(19)4)21-14-18-9-6-16(3)7-10-18/h6-10,12-13H,1,5,11,14H2,2-4H3. The van der Waals surface area contributed by atoms with Gasteiger partial charge in [0.05, 0.1) is 0 Å². The molecule has 0 atom stereocenters. The molecule has 0 spiro atoms. The smallest absolute Gasteiger partial charge is 0.0231 e. The highest BCUT2D eigenvalue weighted by Gasteiger charge is 2.02. The molecular weight excluding hydrogens is 272 g/mol. The Morgan fingerprint density at radius 3 is 2.43 bits per heavy atom. The third-order valence-electron chi connectivity index (χ3n) is 3.67. The lowest BCUT2D eigenvalue weighted by Gasteiger charge is -2.09. The summed E-state index contributed by atoms with van der Waals surface area (Å²) in [6.07, 6.45) is 2.17. The minimum atomic E-state index is 1.03. The van der Waals surface area contributed by atoms with Crippen LogP contribution in [0.2, 0.25) is 0 Å². The Labute approximate surface area is 133 Å². The van der Waals surface area contributed by atoms with Crippen LogP contribution < -0.4 is 0 Å². The van der Waals surface area contributed by atoms with Crippen LogP contribution in [0.4, 0.5) is 0 Å². The summed E-state index contributed by atoms with van der Waals surface area (Å²) in [6.45, 7) is 10.4. The van der Waals surface area contributed by atoms with Crippen molar-refractivity contribution in [3.63, 3.8) is 0 Å². The van der Waals surface area contributed by atoms with Gasteiger partial charge in [0.25, 0.3) is 0 Å². The average molecular weight is 296 g/mol. The van der Waals surface area contributed by atoms with Gasteiger partial charge in [-0.2, -0.15) is 0 Å². The van der Waals surface area contributed by atoms with Crippen LogP contribution in [-0.4, -0.2) is 0 Å². The molecule has 0 saturated carbocycles. The van der Waals surface area contributed by atoms with Crippen molar-refractivity contribution in [3.05, 3.63) is 76.9 Å². The molecule has 0 amide bonds. The van der Waals surface area contributed by atoms with Crippen LogP contribution in [0.15, 0.2) is 59.5 Å². The number of rotatable bonds is 6. The van der Waals surface area contributed by atoms with Gasteiger partial charge in [0.2, 0.25) is 0 Å². The third-order valence-corrected chi connectivity index (χ3v) is 4.73. The first-order chi connectivity index (χ1) is 10.0. The first-order valence-corrected chi connectivity index (χ1v) is 8.45. The normalized spacial score (nSPS) is 10.6. The molecule has 2 rings (SSSR count). The van der Waals surface area contributed by atoms with Gasteiger partial charge < -0.3 is 0 Å². The highest BCUT2D eigenvalue weighted by Crippen LogP contribution is 2.26. The summed E-state index contributed by atoms with van der Waals surface area (Å²) in [5.41, 5.74) is 6.80. The Bertz CT molecular complexity index is 608. The van der Waals surface area contributed by atoms with Crippen molar-refractivity contribution in [1.82, 2.24) is 0 Å². The van der Waals surface area contributed by atoms with Crippen molar-refractivity contribution < 1.29 is 0 Å². The lowest BCUT2D eigenvalue weighted by molar-refractivity contribution is 0.931. The molecule has 0 heterocycles. The van der Waals surface area contributed by atoms with Gasteiger partial charge >= 0.3 is 0 Å². The van der Waals surface area contributed by atoms with Crippen molar-refractivity contribution in [2.24, 2.45) is 0 Å². The van der Waals surface area contributed by atoms with E-state index in [9.17, 15) is 0 Å². The van der Waals surface area contributed by atoms with Crippen molar-refractivity contribution in [1.29, 1.82) is 0 Å². The maximum Gasteiger partial charge on any atom is 0.0231 e. The summed E-state index contributed by atoms with van der Waals surface area (Å²) >= 11 is 1.91. The SMILES string of the molecule is C=C(C)CCc1cc(SCc2ccc(C)cc2)ccc1C. The summed E-state index contributed by atoms with van der Waals surface area (Å²) in [5, 5.41) is 0. The Kier molecular flexibility index (Phi) is 5.69. The first-order valence-electron chi connectivity index (χ1n) is 7.47. The van der Waals surface area contributed by atoms with E-state index in [4.69, 9.17) is 0 Å². The molecule has 0 unspecified atom stereocenters. The van der Waals surface area contributed by atoms with Crippen LogP contribution in [0.1, 0.15) is 35.6 Å². The zero-order chi connectivity index (χ0) is 15.2. The van der Waals surface area contributed by atoms with Crippen LogP contribution in [0.3, 0.4) is 0 Å². The highest BCUT2D eigenvalue weighted by atomic mass is 32.2. The van der Waals surface area contributed by atoms with E-state index in [1.54, 1.807) is 0 Å². The molecule has 0 aliphatic rings. The van der Waals surface area contributed by atoms with Gasteiger partial charge in [-0.05, 0) is 62.4 Å². The number of allylic oxidation sites excluding steroid dienone is 1. The number of aryl methyl sites for hydroxylation is 3. The Balaban J connectivity index is 2.01. The predicted molar refractivity (Wildman–Crippen MR) is 95.1 cm³/mol. The molecule has 2 aromatic carbocycles. The molecule has 0 N–H and O–H groups in total. The van der Waals surface area contributed by atoms with Crippen molar-refractivity contribution in [3.8, 4) is 0 Å². The summed E-state index contributed by atoms with van der Waals surface area (Å²) < 4.78 is 0. The Hall–Kier alpha value is -1.47. The van der Waals surface area contributed by atoms with Crippen LogP contribution in [-0.2, 0) is 12.2 Å². The van der Waals surface area contributed by atoms with E-state index in [0.29, 0.717) is 0 Å². The molecule has 1 heteroatoms. The van der Waals surface area contributed by atoms with E-state index in [0.717, 1.165) is 18.6 Å². The summed E-state index contributed by atoms with van der Waals surface area (Å²) in [5.74, 6) is 1.03. The maximum absolute atomic E-state index is 4.00. The fourth-order valence-corrected chi connectivity index (χ4v) is 3.12. The number of thioether (sulfide) groups is 1. The topological polar surface area (TPSA) is 0 Å².